The highest BCUT2D eigenvalue weighted by atomic mass is 28.3. The molecule has 0 saturated carbocycles. The summed E-state index contributed by atoms with van der Waals surface area (Å²) in [5.74, 6) is 3.49. The standard InChI is InChI=1S/C19H31NSi/c1-8-18-13-17(9-10-19(18)20)11-12-21(14(2)3,15(4)5)16(6)7/h9-10,13-16H,8,20H2,1-7H3. The fourth-order valence-electron chi connectivity index (χ4n) is 3.60. The molecule has 1 rings (SSSR count). The zero-order chi connectivity index (χ0) is 16.2. The van der Waals surface area contributed by atoms with Crippen LogP contribution in [0, 0.1) is 11.5 Å². The van der Waals surface area contributed by atoms with Crippen molar-refractivity contribution in [2.24, 2.45) is 0 Å². The molecule has 1 aromatic carbocycles. The van der Waals surface area contributed by atoms with Gasteiger partial charge < -0.3 is 5.73 Å². The van der Waals surface area contributed by atoms with Crippen LogP contribution in [0.1, 0.15) is 59.6 Å². The van der Waals surface area contributed by atoms with E-state index in [2.05, 4.69) is 72.1 Å². The number of nitrogens with two attached hydrogens (primary N) is 1. The first kappa shape index (κ1) is 17.8. The SMILES string of the molecule is CCc1cc(C#C[Si](C(C)C)(C(C)C)C(C)C)ccc1N. The number of hydrogen-bond donors (Lipinski definition) is 1. The molecule has 0 fully saturated rings. The fraction of sp³-hybridized carbons (Fsp3) is 0.579. The molecule has 2 N–H and O–H groups in total. The molecule has 0 bridgehead atoms. The maximum atomic E-state index is 5.99. The Hall–Kier alpha value is -1.20. The third-order valence-corrected chi connectivity index (χ3v) is 11.1. The van der Waals surface area contributed by atoms with Crippen molar-refractivity contribution in [3.63, 3.8) is 0 Å². The number of anilines is 1. The molecule has 0 aromatic heterocycles. The van der Waals surface area contributed by atoms with Crippen LogP contribution in [0.5, 0.6) is 0 Å². The number of rotatable bonds is 4. The molecule has 1 nitrogen and oxygen atoms in total. The summed E-state index contributed by atoms with van der Waals surface area (Å²) in [5, 5.41) is 0. The molecular formula is C19H31NSi. The van der Waals surface area contributed by atoms with Crippen LogP contribution in [-0.2, 0) is 6.42 Å². The number of hydrogen-bond acceptors (Lipinski definition) is 1. The van der Waals surface area contributed by atoms with Crippen molar-refractivity contribution in [3.05, 3.63) is 29.3 Å². The Balaban J connectivity index is 3.28. The van der Waals surface area contributed by atoms with Crippen molar-refractivity contribution in [3.8, 4) is 11.5 Å². The molecule has 0 heterocycles. The first-order valence-corrected chi connectivity index (χ1v) is 10.4. The first-order valence-electron chi connectivity index (χ1n) is 8.17. The molecule has 0 radical (unpaired) electrons. The Labute approximate surface area is 132 Å². The van der Waals surface area contributed by atoms with Gasteiger partial charge in [0, 0.05) is 11.3 Å². The first-order chi connectivity index (χ1) is 9.75. The number of benzene rings is 1. The second-order valence-electron chi connectivity index (χ2n) is 6.91. The van der Waals surface area contributed by atoms with E-state index in [1.165, 1.54) is 5.56 Å². The molecule has 0 unspecified atom stereocenters. The van der Waals surface area contributed by atoms with E-state index in [0.717, 1.165) is 17.7 Å². The zero-order valence-corrected chi connectivity index (χ0v) is 15.7. The topological polar surface area (TPSA) is 26.0 Å². The van der Waals surface area contributed by atoms with Crippen molar-refractivity contribution in [2.75, 3.05) is 5.73 Å². The van der Waals surface area contributed by atoms with Gasteiger partial charge in [-0.1, -0.05) is 54.4 Å². The third kappa shape index (κ3) is 3.71. The van der Waals surface area contributed by atoms with E-state index in [1.54, 1.807) is 0 Å². The lowest BCUT2D eigenvalue weighted by Crippen LogP contribution is -2.43. The Morgan fingerprint density at radius 3 is 1.95 bits per heavy atom. The van der Waals surface area contributed by atoms with Gasteiger partial charge in [0.2, 0.25) is 0 Å². The molecule has 0 atom stereocenters. The molecule has 2 heteroatoms. The van der Waals surface area contributed by atoms with Crippen LogP contribution in [0.25, 0.3) is 0 Å². The minimum atomic E-state index is -1.64. The average Bonchev–Trinajstić information content (AvgIpc) is 2.39. The predicted molar refractivity (Wildman–Crippen MR) is 98.2 cm³/mol. The summed E-state index contributed by atoms with van der Waals surface area (Å²) in [4.78, 5) is 0. The smallest absolute Gasteiger partial charge is 0.146 e. The monoisotopic (exact) mass is 301 g/mol. The van der Waals surface area contributed by atoms with Crippen LogP contribution in [0.2, 0.25) is 16.6 Å². The van der Waals surface area contributed by atoms with Crippen molar-refractivity contribution >= 4 is 13.8 Å². The van der Waals surface area contributed by atoms with Gasteiger partial charge in [-0.3, -0.25) is 0 Å². The quantitative estimate of drug-likeness (QED) is 0.450. The molecule has 0 aliphatic heterocycles. The minimum absolute atomic E-state index is 0.671. The van der Waals surface area contributed by atoms with E-state index in [9.17, 15) is 0 Å². The van der Waals surface area contributed by atoms with E-state index in [4.69, 9.17) is 5.73 Å². The average molecular weight is 302 g/mol. The summed E-state index contributed by atoms with van der Waals surface area (Å²) in [5.41, 5.74) is 15.0. The van der Waals surface area contributed by atoms with E-state index >= 15 is 0 Å². The van der Waals surface area contributed by atoms with E-state index in [1.807, 2.05) is 6.07 Å². The van der Waals surface area contributed by atoms with Crippen LogP contribution in [0.4, 0.5) is 5.69 Å². The Morgan fingerprint density at radius 1 is 1.00 bits per heavy atom. The molecule has 21 heavy (non-hydrogen) atoms. The molecule has 0 spiro atoms. The van der Waals surface area contributed by atoms with Crippen molar-refractivity contribution in [2.45, 2.75) is 71.5 Å². The molecular weight excluding hydrogens is 270 g/mol. The summed E-state index contributed by atoms with van der Waals surface area (Å²) in [6.07, 6.45) is 0.961. The minimum Gasteiger partial charge on any atom is -0.399 e. The fourth-order valence-corrected chi connectivity index (χ4v) is 8.83. The van der Waals surface area contributed by atoms with Crippen LogP contribution in [0.15, 0.2) is 18.2 Å². The van der Waals surface area contributed by atoms with Crippen LogP contribution < -0.4 is 5.73 Å². The molecule has 0 aliphatic carbocycles. The van der Waals surface area contributed by atoms with Crippen LogP contribution in [-0.4, -0.2) is 8.07 Å². The Bertz CT molecular complexity index is 510. The van der Waals surface area contributed by atoms with Gasteiger partial charge >= 0.3 is 0 Å². The van der Waals surface area contributed by atoms with Gasteiger partial charge in [-0.15, -0.1) is 5.54 Å². The van der Waals surface area contributed by atoms with Gasteiger partial charge in [0.15, 0.2) is 0 Å². The molecule has 0 aliphatic rings. The van der Waals surface area contributed by atoms with Gasteiger partial charge in [0.05, 0.1) is 0 Å². The largest absolute Gasteiger partial charge is 0.399 e. The van der Waals surface area contributed by atoms with Crippen molar-refractivity contribution < 1.29 is 0 Å². The summed E-state index contributed by atoms with van der Waals surface area (Å²) in [6, 6.07) is 6.20. The lowest BCUT2D eigenvalue weighted by molar-refractivity contribution is 0.838. The van der Waals surface area contributed by atoms with Crippen LogP contribution in [0.3, 0.4) is 0 Å². The number of aryl methyl sites for hydroxylation is 1. The van der Waals surface area contributed by atoms with Gasteiger partial charge in [0.25, 0.3) is 0 Å². The Kier molecular flexibility index (Phi) is 6.10. The van der Waals surface area contributed by atoms with Gasteiger partial charge in [0.1, 0.15) is 8.07 Å². The highest BCUT2D eigenvalue weighted by Gasteiger charge is 2.41. The van der Waals surface area contributed by atoms with E-state index < -0.39 is 8.07 Å². The summed E-state index contributed by atoms with van der Waals surface area (Å²) >= 11 is 0. The van der Waals surface area contributed by atoms with E-state index in [0.29, 0.717) is 16.6 Å². The molecule has 116 valence electrons. The van der Waals surface area contributed by atoms with E-state index in [-0.39, 0.29) is 0 Å². The molecule has 1 aromatic rings. The van der Waals surface area contributed by atoms with Crippen molar-refractivity contribution in [1.29, 1.82) is 0 Å². The predicted octanol–water partition coefficient (Wildman–Crippen LogP) is 5.40. The normalized spacial score (nSPS) is 11.9. The van der Waals surface area contributed by atoms with Gasteiger partial charge in [-0.05, 0) is 46.8 Å². The van der Waals surface area contributed by atoms with Crippen molar-refractivity contribution in [1.82, 2.24) is 0 Å². The van der Waals surface area contributed by atoms with Gasteiger partial charge in [-0.25, -0.2) is 0 Å². The maximum Gasteiger partial charge on any atom is 0.146 e. The lowest BCUT2D eigenvalue weighted by Gasteiger charge is -2.38. The zero-order valence-electron chi connectivity index (χ0n) is 14.7. The molecule has 0 amide bonds. The second kappa shape index (κ2) is 7.18. The molecule has 0 saturated heterocycles. The lowest BCUT2D eigenvalue weighted by atomic mass is 10.1. The second-order valence-corrected chi connectivity index (χ2v) is 12.5. The third-order valence-electron chi connectivity index (χ3n) is 4.81. The summed E-state index contributed by atoms with van der Waals surface area (Å²) in [7, 11) is -1.64. The van der Waals surface area contributed by atoms with Crippen LogP contribution >= 0.6 is 0 Å². The summed E-state index contributed by atoms with van der Waals surface area (Å²) < 4.78 is 0. The highest BCUT2D eigenvalue weighted by molar-refractivity contribution is 6.90. The summed E-state index contributed by atoms with van der Waals surface area (Å²) in [6.45, 7) is 16.2. The maximum absolute atomic E-state index is 5.99. The highest BCUT2D eigenvalue weighted by Crippen LogP contribution is 2.40. The number of nitrogen functional groups attached to an aromatic ring is 1. The Morgan fingerprint density at radius 2 is 1.52 bits per heavy atom. The van der Waals surface area contributed by atoms with Gasteiger partial charge in [-0.2, -0.15) is 0 Å².